The van der Waals surface area contributed by atoms with Gasteiger partial charge in [-0.3, -0.25) is 0 Å². The molecule has 0 saturated heterocycles. The first-order valence-electron chi connectivity index (χ1n) is 6.02. The lowest BCUT2D eigenvalue weighted by molar-refractivity contribution is -0.119. The highest BCUT2D eigenvalue weighted by Crippen LogP contribution is 2.07. The minimum atomic E-state index is -0.188. The fourth-order valence-electron chi connectivity index (χ4n) is 1.93. The van der Waals surface area contributed by atoms with Gasteiger partial charge < -0.3 is 14.8 Å². The van der Waals surface area contributed by atoms with Gasteiger partial charge in [-0.05, 0) is 37.9 Å². The van der Waals surface area contributed by atoms with Crippen molar-refractivity contribution < 1.29 is 9.47 Å². The van der Waals surface area contributed by atoms with E-state index in [0.717, 1.165) is 13.0 Å². The van der Waals surface area contributed by atoms with Crippen molar-refractivity contribution in [2.45, 2.75) is 32.6 Å². The van der Waals surface area contributed by atoms with Crippen LogP contribution in [0.5, 0.6) is 0 Å². The van der Waals surface area contributed by atoms with E-state index in [1.54, 1.807) is 14.2 Å². The number of benzene rings is 1. The minimum Gasteiger partial charge on any atom is -0.354 e. The zero-order chi connectivity index (χ0) is 12.7. The highest BCUT2D eigenvalue weighted by molar-refractivity contribution is 5.25. The maximum atomic E-state index is 5.20. The monoisotopic (exact) mass is 237 g/mol. The summed E-state index contributed by atoms with van der Waals surface area (Å²) < 4.78 is 10.4. The third-order valence-electron chi connectivity index (χ3n) is 2.99. The fraction of sp³-hybridized carbons (Fsp3) is 0.571. The molecular weight excluding hydrogens is 214 g/mol. The van der Waals surface area contributed by atoms with Crippen molar-refractivity contribution in [2.24, 2.45) is 0 Å². The Morgan fingerprint density at radius 3 is 2.41 bits per heavy atom. The van der Waals surface area contributed by atoms with Gasteiger partial charge in [0.05, 0.1) is 6.04 Å². The summed E-state index contributed by atoms with van der Waals surface area (Å²) in [4.78, 5) is 0. The topological polar surface area (TPSA) is 30.5 Å². The van der Waals surface area contributed by atoms with Crippen LogP contribution in [0.2, 0.25) is 0 Å². The van der Waals surface area contributed by atoms with Crippen molar-refractivity contribution in [1.82, 2.24) is 5.32 Å². The predicted molar refractivity (Wildman–Crippen MR) is 70.2 cm³/mol. The van der Waals surface area contributed by atoms with Crippen molar-refractivity contribution in [1.29, 1.82) is 0 Å². The molecule has 0 bridgehead atoms. The molecule has 96 valence electrons. The molecule has 0 aliphatic rings. The quantitative estimate of drug-likeness (QED) is 0.737. The van der Waals surface area contributed by atoms with E-state index in [9.17, 15) is 0 Å². The number of aryl methyl sites for hydroxylation is 1. The van der Waals surface area contributed by atoms with E-state index in [0.29, 0.717) is 0 Å². The molecule has 1 aromatic carbocycles. The van der Waals surface area contributed by atoms with Gasteiger partial charge in [-0.25, -0.2) is 0 Å². The highest BCUT2D eigenvalue weighted by Gasteiger charge is 2.14. The molecule has 0 aromatic heterocycles. The van der Waals surface area contributed by atoms with Gasteiger partial charge in [-0.2, -0.15) is 0 Å². The maximum absolute atomic E-state index is 5.20. The molecule has 0 amide bonds. The molecule has 0 spiro atoms. The van der Waals surface area contributed by atoms with Gasteiger partial charge in [0.2, 0.25) is 0 Å². The zero-order valence-electron chi connectivity index (χ0n) is 11.2. The van der Waals surface area contributed by atoms with Crippen LogP contribution in [-0.2, 0) is 15.9 Å². The van der Waals surface area contributed by atoms with E-state index in [2.05, 4.69) is 43.4 Å². The first-order chi connectivity index (χ1) is 8.19. The third kappa shape index (κ3) is 4.46. The van der Waals surface area contributed by atoms with E-state index in [1.165, 1.54) is 11.1 Å². The van der Waals surface area contributed by atoms with Crippen LogP contribution >= 0.6 is 0 Å². The zero-order valence-corrected chi connectivity index (χ0v) is 11.2. The predicted octanol–water partition coefficient (Wildman–Crippen LogP) is 2.13. The fourth-order valence-corrected chi connectivity index (χ4v) is 1.93. The molecule has 0 saturated carbocycles. The summed E-state index contributed by atoms with van der Waals surface area (Å²) in [5.74, 6) is 0. The average molecular weight is 237 g/mol. The van der Waals surface area contributed by atoms with E-state index in [-0.39, 0.29) is 12.3 Å². The molecular formula is C14H23NO2. The molecule has 0 heterocycles. The van der Waals surface area contributed by atoms with Crippen molar-refractivity contribution in [3.8, 4) is 0 Å². The Morgan fingerprint density at radius 1 is 1.18 bits per heavy atom. The molecule has 17 heavy (non-hydrogen) atoms. The molecule has 0 radical (unpaired) electrons. The summed E-state index contributed by atoms with van der Waals surface area (Å²) in [6, 6.07) is 8.66. The smallest absolute Gasteiger partial charge is 0.171 e. The summed E-state index contributed by atoms with van der Waals surface area (Å²) in [6.45, 7) is 5.14. The summed E-state index contributed by atoms with van der Waals surface area (Å²) in [6.07, 6.45) is 0.837. The van der Waals surface area contributed by atoms with E-state index >= 15 is 0 Å². The van der Waals surface area contributed by atoms with Gasteiger partial charge >= 0.3 is 0 Å². The van der Waals surface area contributed by atoms with Crippen LogP contribution < -0.4 is 5.32 Å². The van der Waals surface area contributed by atoms with Gasteiger partial charge in [0.25, 0.3) is 0 Å². The molecule has 1 unspecified atom stereocenters. The standard InChI is InChI=1S/C14H23NO2/c1-11-7-5-6-8-13(11)9-10-15-12(2)14(16-3)17-4/h5-8,12,14-15H,9-10H2,1-4H3. The second-order valence-electron chi connectivity index (χ2n) is 4.26. The molecule has 1 N–H and O–H groups in total. The molecule has 3 heteroatoms. The van der Waals surface area contributed by atoms with Crippen LogP contribution in [-0.4, -0.2) is 33.1 Å². The Labute approximate surface area is 104 Å². The highest BCUT2D eigenvalue weighted by atomic mass is 16.7. The van der Waals surface area contributed by atoms with Gasteiger partial charge in [0.1, 0.15) is 0 Å². The lowest BCUT2D eigenvalue weighted by Gasteiger charge is -2.22. The van der Waals surface area contributed by atoms with Crippen molar-refractivity contribution in [2.75, 3.05) is 20.8 Å². The average Bonchev–Trinajstić information content (AvgIpc) is 2.33. The molecule has 1 aromatic rings. The summed E-state index contributed by atoms with van der Waals surface area (Å²) in [5, 5.41) is 3.41. The molecule has 0 aliphatic heterocycles. The van der Waals surface area contributed by atoms with Crippen LogP contribution in [0, 0.1) is 6.92 Å². The lowest BCUT2D eigenvalue weighted by atomic mass is 10.1. The van der Waals surface area contributed by atoms with E-state index < -0.39 is 0 Å². The van der Waals surface area contributed by atoms with Crippen LogP contribution in [0.4, 0.5) is 0 Å². The Morgan fingerprint density at radius 2 is 1.82 bits per heavy atom. The SMILES string of the molecule is COC(OC)C(C)NCCc1ccccc1C. The Balaban J connectivity index is 2.35. The normalized spacial score (nSPS) is 13.0. The van der Waals surface area contributed by atoms with Gasteiger partial charge in [-0.15, -0.1) is 0 Å². The largest absolute Gasteiger partial charge is 0.354 e. The number of hydrogen-bond acceptors (Lipinski definition) is 3. The first kappa shape index (κ1) is 14.2. The molecule has 1 rings (SSSR count). The van der Waals surface area contributed by atoms with Crippen molar-refractivity contribution >= 4 is 0 Å². The summed E-state index contributed by atoms with van der Waals surface area (Å²) in [5.41, 5.74) is 2.73. The number of ether oxygens (including phenoxy) is 2. The second-order valence-corrected chi connectivity index (χ2v) is 4.26. The number of methoxy groups -OCH3 is 2. The van der Waals surface area contributed by atoms with Crippen LogP contribution in [0.3, 0.4) is 0 Å². The van der Waals surface area contributed by atoms with Crippen molar-refractivity contribution in [3.63, 3.8) is 0 Å². The minimum absolute atomic E-state index is 0.188. The Bertz CT molecular complexity index is 324. The van der Waals surface area contributed by atoms with E-state index in [1.807, 2.05) is 0 Å². The van der Waals surface area contributed by atoms with Crippen LogP contribution in [0.1, 0.15) is 18.1 Å². The maximum Gasteiger partial charge on any atom is 0.171 e. The lowest BCUT2D eigenvalue weighted by Crippen LogP contribution is -2.40. The Kier molecular flexibility index (Phi) is 6.19. The number of rotatable bonds is 7. The van der Waals surface area contributed by atoms with Gasteiger partial charge in [0, 0.05) is 14.2 Å². The molecule has 1 atom stereocenters. The summed E-state index contributed by atoms with van der Waals surface area (Å²) >= 11 is 0. The molecule has 3 nitrogen and oxygen atoms in total. The Hall–Kier alpha value is -0.900. The summed E-state index contributed by atoms with van der Waals surface area (Å²) in [7, 11) is 3.32. The number of hydrogen-bond donors (Lipinski definition) is 1. The van der Waals surface area contributed by atoms with Crippen LogP contribution in [0.15, 0.2) is 24.3 Å². The first-order valence-corrected chi connectivity index (χ1v) is 6.02. The molecule has 0 aliphatic carbocycles. The molecule has 0 fully saturated rings. The van der Waals surface area contributed by atoms with Crippen LogP contribution in [0.25, 0.3) is 0 Å². The van der Waals surface area contributed by atoms with E-state index in [4.69, 9.17) is 9.47 Å². The van der Waals surface area contributed by atoms with Gasteiger partial charge in [-0.1, -0.05) is 24.3 Å². The third-order valence-corrected chi connectivity index (χ3v) is 2.99. The number of nitrogens with one attached hydrogen (secondary N) is 1. The second kappa shape index (κ2) is 7.43. The van der Waals surface area contributed by atoms with Gasteiger partial charge in [0.15, 0.2) is 6.29 Å². The van der Waals surface area contributed by atoms with Crippen molar-refractivity contribution in [3.05, 3.63) is 35.4 Å².